The van der Waals surface area contributed by atoms with Crippen LogP contribution in [0, 0.1) is 27.7 Å². The van der Waals surface area contributed by atoms with Gasteiger partial charge in [0.2, 0.25) is 0 Å². The average molecular weight is 971 g/mol. The molecule has 0 N–H and O–H groups in total. The van der Waals surface area contributed by atoms with Gasteiger partial charge in [-0.3, -0.25) is 0 Å². The van der Waals surface area contributed by atoms with Crippen molar-refractivity contribution in [2.24, 2.45) is 0 Å². The molecule has 0 radical (unpaired) electrons. The zero-order valence-corrected chi connectivity index (χ0v) is 45.0. The van der Waals surface area contributed by atoms with Crippen molar-refractivity contribution in [1.82, 2.24) is 0 Å². The molecule has 10 aromatic carbocycles. The molecule has 0 spiro atoms. The van der Waals surface area contributed by atoms with Gasteiger partial charge in [0.15, 0.2) is 0 Å². The zero-order valence-electron chi connectivity index (χ0n) is 43.4. The molecule has 2 heteroatoms. The fourth-order valence-electron chi connectivity index (χ4n) is 10.3. The molecule has 0 saturated carbocycles. The van der Waals surface area contributed by atoms with Crippen molar-refractivity contribution in [3.8, 4) is 22.3 Å². The van der Waals surface area contributed by atoms with Crippen molar-refractivity contribution in [3.63, 3.8) is 0 Å². The first kappa shape index (κ1) is 49.9. The third-order valence-electron chi connectivity index (χ3n) is 14.0. The fraction of sp³-hybridized carbons (Fsp3) is 0.171. The first-order valence-corrected chi connectivity index (χ1v) is 27.1. The number of fused-ring (bicyclic) bond motifs is 11. The first-order valence-electron chi connectivity index (χ1n) is 25.5. The van der Waals surface area contributed by atoms with Gasteiger partial charge in [0.1, 0.15) is 0 Å². The second-order valence-corrected chi connectivity index (χ2v) is 22.1. The van der Waals surface area contributed by atoms with Gasteiger partial charge in [0.25, 0.3) is 0 Å². The maximum absolute atomic E-state index is 2.40. The van der Waals surface area contributed by atoms with Gasteiger partial charge >= 0.3 is 0 Å². The minimum Gasteiger partial charge on any atom is -0.135 e. The molecule has 1 aliphatic carbocycles. The molecule has 2 aromatic heterocycles. The molecule has 2 heterocycles. The Kier molecular flexibility index (Phi) is 15.3. The van der Waals surface area contributed by atoms with Gasteiger partial charge in [0, 0.05) is 45.8 Å². The molecule has 13 rings (SSSR count). The van der Waals surface area contributed by atoms with E-state index in [9.17, 15) is 0 Å². The lowest BCUT2D eigenvalue weighted by Crippen LogP contribution is -2.15. The Balaban J connectivity index is 0.000000115. The molecule has 358 valence electrons. The highest BCUT2D eigenvalue weighted by Gasteiger charge is 2.36. The smallest absolute Gasteiger partial charge is 0.0358 e. The highest BCUT2D eigenvalue weighted by Crippen LogP contribution is 2.52. The third kappa shape index (κ3) is 10.6. The van der Waals surface area contributed by atoms with E-state index in [-0.39, 0.29) is 5.41 Å². The summed E-state index contributed by atoms with van der Waals surface area (Å²) in [6.07, 6.45) is 1.11. The van der Waals surface area contributed by atoms with Crippen LogP contribution in [0.15, 0.2) is 218 Å². The van der Waals surface area contributed by atoms with Crippen molar-refractivity contribution in [2.45, 2.75) is 80.1 Å². The van der Waals surface area contributed by atoms with Crippen LogP contribution in [0.1, 0.15) is 85.0 Å². The van der Waals surface area contributed by atoms with E-state index in [4.69, 9.17) is 0 Å². The van der Waals surface area contributed by atoms with Gasteiger partial charge in [0.05, 0.1) is 0 Å². The quantitative estimate of drug-likeness (QED) is 0.166. The normalized spacial score (nSPS) is 12.0. The van der Waals surface area contributed by atoms with Crippen LogP contribution in [-0.4, -0.2) is 0 Å². The minimum atomic E-state index is 0.0888. The summed E-state index contributed by atoms with van der Waals surface area (Å²) < 4.78 is 5.61. The number of aryl methyl sites for hydroxylation is 5. The summed E-state index contributed by atoms with van der Waals surface area (Å²) in [5, 5.41) is 8.50. The molecule has 72 heavy (non-hydrogen) atoms. The number of benzene rings is 10. The number of hydrogen-bond donors (Lipinski definition) is 0. The van der Waals surface area contributed by atoms with Gasteiger partial charge in [-0.25, -0.2) is 0 Å². The van der Waals surface area contributed by atoms with Gasteiger partial charge in [-0.15, -0.1) is 22.7 Å². The molecule has 0 bridgehead atoms. The predicted molar refractivity (Wildman–Crippen MR) is 321 cm³/mol. The Morgan fingerprint density at radius 3 is 1.51 bits per heavy atom. The van der Waals surface area contributed by atoms with Gasteiger partial charge in [-0.2, -0.15) is 0 Å². The first-order chi connectivity index (χ1) is 34.9. The van der Waals surface area contributed by atoms with Crippen LogP contribution in [0.4, 0.5) is 0 Å². The van der Waals surface area contributed by atoms with E-state index in [1.165, 1.54) is 118 Å². The summed E-state index contributed by atoms with van der Waals surface area (Å²) in [5.41, 5.74) is 16.7. The summed E-state index contributed by atoms with van der Waals surface area (Å²) in [5.74, 6) is 0.585. The van der Waals surface area contributed by atoms with E-state index < -0.39 is 0 Å². The van der Waals surface area contributed by atoms with Crippen LogP contribution < -0.4 is 0 Å². The maximum Gasteiger partial charge on any atom is 0.0358 e. The molecule has 0 saturated heterocycles. The Morgan fingerprint density at radius 1 is 0.403 bits per heavy atom. The molecule has 0 amide bonds. The highest BCUT2D eigenvalue weighted by atomic mass is 32.1. The van der Waals surface area contributed by atoms with E-state index >= 15 is 0 Å². The molecule has 0 unspecified atom stereocenters. The lowest BCUT2D eigenvalue weighted by atomic mass is 9.81. The van der Waals surface area contributed by atoms with Gasteiger partial charge in [-0.1, -0.05) is 245 Å². The summed E-state index contributed by atoms with van der Waals surface area (Å²) in [6.45, 7) is 20.1. The van der Waals surface area contributed by atoms with Crippen LogP contribution in [0.2, 0.25) is 0 Å². The second kappa shape index (κ2) is 22.1. The van der Waals surface area contributed by atoms with Crippen LogP contribution >= 0.6 is 22.7 Å². The van der Waals surface area contributed by atoms with Crippen molar-refractivity contribution < 1.29 is 0 Å². The molecule has 0 atom stereocenters. The van der Waals surface area contributed by atoms with Crippen LogP contribution in [0.5, 0.6) is 0 Å². The van der Waals surface area contributed by atoms with Crippen LogP contribution in [0.3, 0.4) is 0 Å². The molecule has 0 aliphatic heterocycles. The maximum atomic E-state index is 2.40. The summed E-state index contributed by atoms with van der Waals surface area (Å²) >= 11 is 3.78. The standard InChI is InChI=1S/C21H20.C15H14S.C14H12S.C13H12.C7H8/c1-13-9-10-17-18(11-13)21(3,4)19-12-14(2)15-7-5-6-8-16(15)20(17)19;1-10(2)11-7-5-9-14-15(11)12-6-3-4-8-13(12)16-14;1-2-10-6-5-9-13-14(10)11-7-3-4-8-12(11)15-13;1-11-6-5-9-13(10-11)12-7-3-2-4-8-12;1-7-5-3-2-4-6-7/h5-12H,1-4H3;3-10H,1-2H3;3-9H,2H2,1H3;2-10H,1H3;2-6H,1H3. The van der Waals surface area contributed by atoms with Gasteiger partial charge < -0.3 is 0 Å². The average Bonchev–Trinajstić information content (AvgIpc) is 4.05. The third-order valence-corrected chi connectivity index (χ3v) is 16.3. The van der Waals surface area contributed by atoms with Crippen molar-refractivity contribution >= 4 is 73.8 Å². The zero-order chi connectivity index (χ0) is 50.4. The fourth-order valence-corrected chi connectivity index (χ4v) is 12.6. The molecule has 12 aromatic rings. The Morgan fingerprint density at radius 2 is 0.903 bits per heavy atom. The van der Waals surface area contributed by atoms with Gasteiger partial charge in [-0.05, 0) is 125 Å². The monoisotopic (exact) mass is 970 g/mol. The highest BCUT2D eigenvalue weighted by molar-refractivity contribution is 7.26. The number of rotatable bonds is 3. The summed E-state index contributed by atoms with van der Waals surface area (Å²) in [7, 11) is 0. The topological polar surface area (TPSA) is 0 Å². The lowest BCUT2D eigenvalue weighted by molar-refractivity contribution is 0.659. The summed E-state index contributed by atoms with van der Waals surface area (Å²) in [6, 6.07) is 78.0. The molecular weight excluding hydrogens is 905 g/mol. The van der Waals surface area contributed by atoms with Crippen LogP contribution in [0.25, 0.3) is 73.4 Å². The Hall–Kier alpha value is -7.10. The predicted octanol–water partition coefficient (Wildman–Crippen LogP) is 21.2. The van der Waals surface area contributed by atoms with Crippen molar-refractivity contribution in [2.75, 3.05) is 0 Å². The molecule has 0 fully saturated rings. The van der Waals surface area contributed by atoms with Crippen LogP contribution in [-0.2, 0) is 11.8 Å². The van der Waals surface area contributed by atoms with E-state index in [0.29, 0.717) is 5.92 Å². The Bertz CT molecular complexity index is 3770. The van der Waals surface area contributed by atoms with E-state index in [1.807, 2.05) is 46.9 Å². The molecule has 1 aliphatic rings. The van der Waals surface area contributed by atoms with Crippen molar-refractivity contribution in [3.05, 3.63) is 263 Å². The number of thiophene rings is 2. The Labute approximate surface area is 436 Å². The largest absolute Gasteiger partial charge is 0.135 e. The van der Waals surface area contributed by atoms with Crippen molar-refractivity contribution in [1.29, 1.82) is 0 Å². The summed E-state index contributed by atoms with van der Waals surface area (Å²) in [4.78, 5) is 0. The minimum absolute atomic E-state index is 0.0888. The van der Waals surface area contributed by atoms with E-state index in [2.05, 4.69) is 256 Å². The molecular formula is C70H66S2. The van der Waals surface area contributed by atoms with E-state index in [0.717, 1.165) is 6.42 Å². The second-order valence-electron chi connectivity index (χ2n) is 19.9. The lowest BCUT2D eigenvalue weighted by Gasteiger charge is -2.22. The molecule has 0 nitrogen and oxygen atoms in total. The SMILES string of the molecule is CC(C)c1cccc2sc3ccccc3c12.CCc1cccc2sc3ccccc3c12.Cc1ccc2c(c1)C(C)(C)c1cc(C)c3ccccc3c1-2.Cc1cccc(-c2ccccc2)c1.Cc1ccccc1. The number of hydrogen-bond acceptors (Lipinski definition) is 2. The van der Waals surface area contributed by atoms with E-state index in [1.54, 1.807) is 0 Å².